The molecular weight excluding hydrogens is 252 g/mol. The average Bonchev–Trinajstić information content (AvgIpc) is 2.47. The van der Waals surface area contributed by atoms with Gasteiger partial charge in [0.05, 0.1) is 11.5 Å². The van der Waals surface area contributed by atoms with E-state index in [0.29, 0.717) is 6.54 Å². The highest BCUT2D eigenvalue weighted by atomic mass is 32.2. The van der Waals surface area contributed by atoms with E-state index in [4.69, 9.17) is 0 Å². The van der Waals surface area contributed by atoms with Gasteiger partial charge in [0, 0.05) is 12.6 Å². The Kier molecular flexibility index (Phi) is 4.27. The van der Waals surface area contributed by atoms with E-state index in [0.717, 1.165) is 25.7 Å². The average molecular weight is 274 g/mol. The molecule has 1 saturated carbocycles. The largest absolute Gasteiger partial charge is 0.337 e. The zero-order valence-electron chi connectivity index (χ0n) is 10.9. The molecule has 6 heteroatoms. The minimum atomic E-state index is -3.11. The molecule has 0 aromatic rings. The van der Waals surface area contributed by atoms with E-state index < -0.39 is 15.9 Å². The van der Waals surface area contributed by atoms with Crippen LogP contribution in [0.1, 0.15) is 32.1 Å². The van der Waals surface area contributed by atoms with Gasteiger partial charge in [0.2, 0.25) is 5.91 Å². The van der Waals surface area contributed by atoms with Crippen molar-refractivity contribution in [3.8, 4) is 0 Å². The first-order chi connectivity index (χ1) is 8.53. The lowest BCUT2D eigenvalue weighted by atomic mass is 9.94. The molecule has 1 heterocycles. The second-order valence-electron chi connectivity index (χ2n) is 5.28. The van der Waals surface area contributed by atoms with Gasteiger partial charge in [-0.05, 0) is 19.9 Å². The van der Waals surface area contributed by atoms with Crippen LogP contribution in [-0.4, -0.2) is 56.4 Å². The SMILES string of the molecule is CNC1CS(=O)(=O)CCN(C2CCCCC2)C1=O. The maximum absolute atomic E-state index is 12.4. The zero-order chi connectivity index (χ0) is 13.2. The molecule has 1 saturated heterocycles. The van der Waals surface area contributed by atoms with Crippen molar-refractivity contribution in [2.75, 3.05) is 25.1 Å². The zero-order valence-corrected chi connectivity index (χ0v) is 11.7. The van der Waals surface area contributed by atoms with E-state index in [9.17, 15) is 13.2 Å². The van der Waals surface area contributed by atoms with Crippen LogP contribution in [0.25, 0.3) is 0 Å². The van der Waals surface area contributed by atoms with Crippen LogP contribution >= 0.6 is 0 Å². The van der Waals surface area contributed by atoms with Crippen LogP contribution in [0.3, 0.4) is 0 Å². The van der Waals surface area contributed by atoms with E-state index in [1.54, 1.807) is 7.05 Å². The summed E-state index contributed by atoms with van der Waals surface area (Å²) in [6.45, 7) is 0.365. The molecular formula is C12H22N2O3S. The molecule has 2 rings (SSSR count). The van der Waals surface area contributed by atoms with Crippen molar-refractivity contribution in [1.29, 1.82) is 0 Å². The maximum atomic E-state index is 12.4. The summed E-state index contributed by atoms with van der Waals surface area (Å²) in [4.78, 5) is 14.2. The summed E-state index contributed by atoms with van der Waals surface area (Å²) in [5.74, 6) is 0.00405. The Hall–Kier alpha value is -0.620. The monoisotopic (exact) mass is 274 g/mol. The number of amides is 1. The van der Waals surface area contributed by atoms with Crippen LogP contribution in [0.15, 0.2) is 0 Å². The molecule has 0 aromatic carbocycles. The fourth-order valence-corrected chi connectivity index (χ4v) is 4.38. The summed E-state index contributed by atoms with van der Waals surface area (Å²) in [6.07, 6.45) is 5.55. The molecule has 1 aliphatic carbocycles. The first kappa shape index (κ1) is 13.8. The summed E-state index contributed by atoms with van der Waals surface area (Å²) in [5.41, 5.74) is 0. The molecule has 1 amide bonds. The number of nitrogens with zero attached hydrogens (tertiary/aromatic N) is 1. The molecule has 1 aliphatic heterocycles. The number of sulfone groups is 1. The van der Waals surface area contributed by atoms with E-state index in [1.165, 1.54) is 6.42 Å². The molecule has 1 atom stereocenters. The minimum absolute atomic E-state index is 0.0366. The lowest BCUT2D eigenvalue weighted by Crippen LogP contribution is -2.50. The lowest BCUT2D eigenvalue weighted by molar-refractivity contribution is -0.135. The van der Waals surface area contributed by atoms with Gasteiger partial charge in [0.1, 0.15) is 6.04 Å². The molecule has 104 valence electrons. The van der Waals surface area contributed by atoms with Crippen LogP contribution in [0.4, 0.5) is 0 Å². The van der Waals surface area contributed by atoms with Crippen LogP contribution in [0, 0.1) is 0 Å². The van der Waals surface area contributed by atoms with Crippen molar-refractivity contribution in [2.45, 2.75) is 44.2 Å². The Morgan fingerprint density at radius 1 is 1.22 bits per heavy atom. The summed E-state index contributed by atoms with van der Waals surface area (Å²) in [7, 11) is -1.45. The number of rotatable bonds is 2. The van der Waals surface area contributed by atoms with Gasteiger partial charge in [-0.25, -0.2) is 8.42 Å². The van der Waals surface area contributed by atoms with Gasteiger partial charge < -0.3 is 10.2 Å². The van der Waals surface area contributed by atoms with Gasteiger partial charge in [0.15, 0.2) is 9.84 Å². The summed E-state index contributed by atoms with van der Waals surface area (Å²) in [6, 6.07) is -0.324. The predicted molar refractivity (Wildman–Crippen MR) is 70.1 cm³/mol. The van der Waals surface area contributed by atoms with E-state index in [-0.39, 0.29) is 23.5 Å². The van der Waals surface area contributed by atoms with Gasteiger partial charge in [0.25, 0.3) is 0 Å². The van der Waals surface area contributed by atoms with Crippen molar-refractivity contribution >= 4 is 15.7 Å². The number of nitrogens with one attached hydrogen (secondary N) is 1. The Balaban J connectivity index is 2.16. The van der Waals surface area contributed by atoms with Crippen LogP contribution in [-0.2, 0) is 14.6 Å². The second-order valence-corrected chi connectivity index (χ2v) is 7.51. The molecule has 1 unspecified atom stereocenters. The number of carbonyl (C=O) groups excluding carboxylic acids is 1. The van der Waals surface area contributed by atoms with Gasteiger partial charge in [-0.15, -0.1) is 0 Å². The lowest BCUT2D eigenvalue weighted by Gasteiger charge is -2.34. The summed E-state index contributed by atoms with van der Waals surface area (Å²) in [5, 5.41) is 2.85. The Morgan fingerprint density at radius 2 is 1.89 bits per heavy atom. The van der Waals surface area contributed by atoms with Gasteiger partial charge >= 0.3 is 0 Å². The highest BCUT2D eigenvalue weighted by Gasteiger charge is 2.36. The van der Waals surface area contributed by atoms with E-state index in [1.807, 2.05) is 4.90 Å². The third kappa shape index (κ3) is 3.03. The van der Waals surface area contributed by atoms with Crippen LogP contribution in [0.2, 0.25) is 0 Å². The van der Waals surface area contributed by atoms with Gasteiger partial charge in [-0.1, -0.05) is 19.3 Å². The van der Waals surface area contributed by atoms with Crippen molar-refractivity contribution in [1.82, 2.24) is 10.2 Å². The van der Waals surface area contributed by atoms with Crippen molar-refractivity contribution in [3.63, 3.8) is 0 Å². The number of likely N-dealkylation sites (N-methyl/N-ethyl adjacent to an activating group) is 1. The third-order valence-corrected chi connectivity index (χ3v) is 5.65. The summed E-state index contributed by atoms with van der Waals surface area (Å²) < 4.78 is 23.6. The molecule has 1 N–H and O–H groups in total. The maximum Gasteiger partial charge on any atom is 0.241 e. The number of hydrogen-bond donors (Lipinski definition) is 1. The Morgan fingerprint density at radius 3 is 2.50 bits per heavy atom. The molecule has 0 bridgehead atoms. The van der Waals surface area contributed by atoms with Crippen LogP contribution < -0.4 is 5.32 Å². The van der Waals surface area contributed by atoms with Gasteiger partial charge in [-0.2, -0.15) is 0 Å². The summed E-state index contributed by atoms with van der Waals surface area (Å²) >= 11 is 0. The van der Waals surface area contributed by atoms with Crippen molar-refractivity contribution in [2.24, 2.45) is 0 Å². The fourth-order valence-electron chi connectivity index (χ4n) is 2.92. The highest BCUT2D eigenvalue weighted by Crippen LogP contribution is 2.24. The molecule has 0 radical (unpaired) electrons. The number of carbonyl (C=O) groups is 1. The second kappa shape index (κ2) is 5.57. The smallest absolute Gasteiger partial charge is 0.241 e. The standard InChI is InChI=1S/C12H22N2O3S/c1-13-11-9-18(16,17)8-7-14(12(11)15)10-5-3-2-4-6-10/h10-11,13H,2-9H2,1H3. The van der Waals surface area contributed by atoms with Crippen LogP contribution in [0.5, 0.6) is 0 Å². The normalized spacial score (nSPS) is 30.2. The highest BCUT2D eigenvalue weighted by molar-refractivity contribution is 7.91. The Bertz CT molecular complexity index is 402. The van der Waals surface area contributed by atoms with Gasteiger partial charge in [-0.3, -0.25) is 4.79 Å². The Labute approximate surface area is 109 Å². The quantitative estimate of drug-likeness (QED) is 0.779. The molecule has 0 spiro atoms. The fraction of sp³-hybridized carbons (Fsp3) is 0.917. The van der Waals surface area contributed by atoms with Crippen molar-refractivity contribution in [3.05, 3.63) is 0 Å². The first-order valence-corrected chi connectivity index (χ1v) is 8.54. The molecule has 0 aromatic heterocycles. The molecule has 2 fully saturated rings. The third-order valence-electron chi connectivity index (χ3n) is 4.01. The molecule has 5 nitrogen and oxygen atoms in total. The van der Waals surface area contributed by atoms with Crippen molar-refractivity contribution < 1.29 is 13.2 Å². The first-order valence-electron chi connectivity index (χ1n) is 6.71. The molecule has 18 heavy (non-hydrogen) atoms. The molecule has 2 aliphatic rings. The van der Waals surface area contributed by atoms with E-state index in [2.05, 4.69) is 5.32 Å². The topological polar surface area (TPSA) is 66.5 Å². The minimum Gasteiger partial charge on any atom is -0.337 e. The number of hydrogen-bond acceptors (Lipinski definition) is 4. The van der Waals surface area contributed by atoms with E-state index >= 15 is 0 Å². The predicted octanol–water partition coefficient (Wildman–Crippen LogP) is 0.164.